The summed E-state index contributed by atoms with van der Waals surface area (Å²) in [5.41, 5.74) is 2.64. The lowest BCUT2D eigenvalue weighted by Crippen LogP contribution is -2.06. The molecule has 1 unspecified atom stereocenters. The Kier molecular flexibility index (Phi) is 5.58. The minimum Gasteiger partial charge on any atom is -0.490 e. The third-order valence-corrected chi connectivity index (χ3v) is 5.00. The van der Waals surface area contributed by atoms with E-state index in [1.165, 1.54) is 24.0 Å². The second-order valence-corrected chi connectivity index (χ2v) is 6.62. The first-order chi connectivity index (χ1) is 9.19. The maximum absolute atomic E-state index is 5.89. The number of halogens is 2. The van der Waals surface area contributed by atoms with E-state index in [0.29, 0.717) is 18.0 Å². The van der Waals surface area contributed by atoms with Crippen LogP contribution in [0.1, 0.15) is 49.1 Å². The zero-order valence-corrected chi connectivity index (χ0v) is 14.6. The molecule has 1 aliphatic carbocycles. The quantitative estimate of drug-likeness (QED) is 0.504. The molecule has 0 aromatic heterocycles. The molecule has 0 heterocycles. The van der Waals surface area contributed by atoms with Gasteiger partial charge in [0.15, 0.2) is 11.5 Å². The van der Waals surface area contributed by atoms with Gasteiger partial charge in [-0.1, -0.05) is 38.3 Å². The largest absolute Gasteiger partial charge is 0.490 e. The number of alkyl halides is 1. The number of ether oxygens (including phenoxy) is 2. The fourth-order valence-electron chi connectivity index (χ4n) is 2.58. The Balaban J connectivity index is 2.58. The lowest BCUT2D eigenvalue weighted by atomic mass is 10.0. The van der Waals surface area contributed by atoms with Crippen LogP contribution in [0.15, 0.2) is 10.5 Å². The molecule has 0 aliphatic heterocycles. The fraction of sp³-hybridized carbons (Fsp3) is 0.600. The molecule has 0 radical (unpaired) electrons. The standard InChI is InChI=1S/C15H20Br2O2/c1-3-18-13-9-12(17)10-7-5-6-8-11(16)14(10)15(13)19-4-2/h9,11H,3-8H2,1-2H3. The van der Waals surface area contributed by atoms with Gasteiger partial charge in [-0.05, 0) is 44.7 Å². The molecule has 0 bridgehead atoms. The van der Waals surface area contributed by atoms with Gasteiger partial charge in [0.1, 0.15) is 0 Å². The van der Waals surface area contributed by atoms with Crippen LogP contribution in [0, 0.1) is 0 Å². The maximum Gasteiger partial charge on any atom is 0.165 e. The molecular formula is C15H20Br2O2. The summed E-state index contributed by atoms with van der Waals surface area (Å²) in [6.07, 6.45) is 4.72. The van der Waals surface area contributed by atoms with Crippen molar-refractivity contribution in [2.24, 2.45) is 0 Å². The highest BCUT2D eigenvalue weighted by atomic mass is 79.9. The highest BCUT2D eigenvalue weighted by molar-refractivity contribution is 9.10. The van der Waals surface area contributed by atoms with Gasteiger partial charge in [0.2, 0.25) is 0 Å². The Hall–Kier alpha value is -0.220. The molecule has 106 valence electrons. The van der Waals surface area contributed by atoms with Crippen LogP contribution in [0.25, 0.3) is 0 Å². The SMILES string of the molecule is CCOc1cc(Br)c2c(c1OCC)C(Br)CCCC2. The first kappa shape index (κ1) is 15.2. The molecule has 0 N–H and O–H groups in total. The van der Waals surface area contributed by atoms with Crippen LogP contribution in [0.4, 0.5) is 0 Å². The third-order valence-electron chi connectivity index (χ3n) is 3.38. The van der Waals surface area contributed by atoms with E-state index >= 15 is 0 Å². The van der Waals surface area contributed by atoms with Crippen LogP contribution < -0.4 is 9.47 Å². The van der Waals surface area contributed by atoms with Gasteiger partial charge in [0.05, 0.1) is 13.2 Å². The summed E-state index contributed by atoms with van der Waals surface area (Å²) in [6, 6.07) is 2.05. The van der Waals surface area contributed by atoms with Crippen molar-refractivity contribution in [1.82, 2.24) is 0 Å². The monoisotopic (exact) mass is 390 g/mol. The molecule has 19 heavy (non-hydrogen) atoms. The Morgan fingerprint density at radius 1 is 1.21 bits per heavy atom. The molecule has 0 fully saturated rings. The molecule has 1 atom stereocenters. The Labute approximate surface area is 132 Å². The molecular weight excluding hydrogens is 372 g/mol. The van der Waals surface area contributed by atoms with Crippen molar-refractivity contribution in [2.45, 2.75) is 44.4 Å². The van der Waals surface area contributed by atoms with Gasteiger partial charge in [-0.25, -0.2) is 0 Å². The van der Waals surface area contributed by atoms with Crippen molar-refractivity contribution < 1.29 is 9.47 Å². The highest BCUT2D eigenvalue weighted by Crippen LogP contribution is 2.47. The van der Waals surface area contributed by atoms with Crippen LogP contribution in [-0.4, -0.2) is 13.2 Å². The molecule has 1 aromatic rings. The summed E-state index contributed by atoms with van der Waals surface area (Å²) in [6.45, 7) is 5.33. The van der Waals surface area contributed by atoms with Crippen LogP contribution in [0.5, 0.6) is 11.5 Å². The average molecular weight is 392 g/mol. The summed E-state index contributed by atoms with van der Waals surface area (Å²) in [7, 11) is 0. The molecule has 0 spiro atoms. The zero-order valence-electron chi connectivity index (χ0n) is 11.5. The van der Waals surface area contributed by atoms with Crippen LogP contribution in [0.2, 0.25) is 0 Å². The van der Waals surface area contributed by atoms with Crippen molar-refractivity contribution in [3.63, 3.8) is 0 Å². The topological polar surface area (TPSA) is 18.5 Å². The maximum atomic E-state index is 5.89. The summed E-state index contributed by atoms with van der Waals surface area (Å²) in [5, 5.41) is 0. The van der Waals surface area contributed by atoms with E-state index in [1.807, 2.05) is 13.8 Å². The number of benzene rings is 1. The van der Waals surface area contributed by atoms with Gasteiger partial charge in [0, 0.05) is 14.9 Å². The summed E-state index contributed by atoms with van der Waals surface area (Å²) < 4.78 is 12.8. The lowest BCUT2D eigenvalue weighted by molar-refractivity contribution is 0.284. The van der Waals surface area contributed by atoms with E-state index in [2.05, 4.69) is 37.9 Å². The minimum absolute atomic E-state index is 0.350. The molecule has 1 aliphatic rings. The van der Waals surface area contributed by atoms with E-state index < -0.39 is 0 Å². The zero-order chi connectivity index (χ0) is 13.8. The molecule has 2 nitrogen and oxygen atoms in total. The van der Waals surface area contributed by atoms with Crippen molar-refractivity contribution in [3.8, 4) is 11.5 Å². The lowest BCUT2D eigenvalue weighted by Gasteiger charge is -2.21. The second kappa shape index (κ2) is 6.98. The first-order valence-corrected chi connectivity index (χ1v) is 8.64. The van der Waals surface area contributed by atoms with Gasteiger partial charge in [-0.3, -0.25) is 0 Å². The predicted molar refractivity (Wildman–Crippen MR) is 85.7 cm³/mol. The van der Waals surface area contributed by atoms with E-state index in [1.54, 1.807) is 0 Å². The molecule has 2 rings (SSSR count). The van der Waals surface area contributed by atoms with Crippen LogP contribution in [-0.2, 0) is 6.42 Å². The second-order valence-electron chi connectivity index (χ2n) is 4.66. The van der Waals surface area contributed by atoms with Gasteiger partial charge in [-0.15, -0.1) is 0 Å². The number of hydrogen-bond donors (Lipinski definition) is 0. The van der Waals surface area contributed by atoms with Crippen molar-refractivity contribution in [1.29, 1.82) is 0 Å². The van der Waals surface area contributed by atoms with Crippen LogP contribution >= 0.6 is 31.9 Å². The Morgan fingerprint density at radius 3 is 2.63 bits per heavy atom. The highest BCUT2D eigenvalue weighted by Gasteiger charge is 2.26. The smallest absolute Gasteiger partial charge is 0.165 e. The Morgan fingerprint density at radius 2 is 1.95 bits per heavy atom. The predicted octanol–water partition coefficient (Wildman–Crippen LogP) is 5.41. The van der Waals surface area contributed by atoms with E-state index in [0.717, 1.165) is 28.8 Å². The summed E-state index contributed by atoms with van der Waals surface area (Å²) >= 11 is 7.51. The van der Waals surface area contributed by atoms with Crippen molar-refractivity contribution >= 4 is 31.9 Å². The fourth-order valence-corrected chi connectivity index (χ4v) is 4.00. The first-order valence-electron chi connectivity index (χ1n) is 6.93. The molecule has 1 aromatic carbocycles. The van der Waals surface area contributed by atoms with Crippen molar-refractivity contribution in [3.05, 3.63) is 21.7 Å². The van der Waals surface area contributed by atoms with Gasteiger partial charge < -0.3 is 9.47 Å². The Bertz CT molecular complexity index is 446. The average Bonchev–Trinajstić information content (AvgIpc) is 2.57. The summed E-state index contributed by atoms with van der Waals surface area (Å²) in [5.74, 6) is 1.77. The van der Waals surface area contributed by atoms with E-state index in [4.69, 9.17) is 9.47 Å². The summed E-state index contributed by atoms with van der Waals surface area (Å²) in [4.78, 5) is 0.350. The van der Waals surface area contributed by atoms with E-state index in [-0.39, 0.29) is 0 Å². The van der Waals surface area contributed by atoms with Crippen molar-refractivity contribution in [2.75, 3.05) is 13.2 Å². The molecule has 4 heteroatoms. The van der Waals surface area contributed by atoms with Gasteiger partial charge in [0.25, 0.3) is 0 Å². The molecule has 0 saturated heterocycles. The normalized spacial score (nSPS) is 18.6. The molecule has 0 amide bonds. The number of fused-ring (bicyclic) bond motifs is 1. The van der Waals surface area contributed by atoms with E-state index in [9.17, 15) is 0 Å². The van der Waals surface area contributed by atoms with Gasteiger partial charge >= 0.3 is 0 Å². The van der Waals surface area contributed by atoms with Gasteiger partial charge in [-0.2, -0.15) is 0 Å². The van der Waals surface area contributed by atoms with Crippen LogP contribution in [0.3, 0.4) is 0 Å². The minimum atomic E-state index is 0.350. The third kappa shape index (κ3) is 3.27. The molecule has 0 saturated carbocycles. The number of rotatable bonds is 4. The number of hydrogen-bond acceptors (Lipinski definition) is 2.